The summed E-state index contributed by atoms with van der Waals surface area (Å²) in [5.41, 5.74) is -0.179. The number of carboxylic acid groups (broad SMARTS) is 1. The second-order valence-corrected chi connectivity index (χ2v) is 3.25. The smallest absolute Gasteiger partial charge is 0.249 e. The zero-order chi connectivity index (χ0) is 11.7. The Balaban J connectivity index is 2.86. The predicted octanol–water partition coefficient (Wildman–Crippen LogP) is -0.0998. The summed E-state index contributed by atoms with van der Waals surface area (Å²) < 4.78 is 4.98. The average Bonchev–Trinajstić information content (AvgIpc) is 2.27. The van der Waals surface area contributed by atoms with E-state index in [0.29, 0.717) is 16.7 Å². The monoisotopic (exact) mass is 218 g/mol. The standard InChI is InChI=1S/C11H9NO4/c1-16-6-2-3-9-7(4-6)8(11(14)15)5-10(13)12-9/h2-5H,1H3,(H,12,13)(H,14,15)/p-1. The first-order chi connectivity index (χ1) is 7.61. The van der Waals surface area contributed by atoms with E-state index in [0.717, 1.165) is 6.07 Å². The van der Waals surface area contributed by atoms with Crippen LogP contribution in [0, 0.1) is 0 Å². The summed E-state index contributed by atoms with van der Waals surface area (Å²) in [5, 5.41) is 11.2. The second-order valence-electron chi connectivity index (χ2n) is 3.25. The molecule has 0 atom stereocenters. The molecule has 1 aromatic heterocycles. The van der Waals surface area contributed by atoms with Crippen LogP contribution in [0.2, 0.25) is 0 Å². The summed E-state index contributed by atoms with van der Waals surface area (Å²) in [6, 6.07) is 5.76. The van der Waals surface area contributed by atoms with E-state index in [2.05, 4.69) is 4.98 Å². The van der Waals surface area contributed by atoms with Gasteiger partial charge in [0.15, 0.2) is 0 Å². The summed E-state index contributed by atoms with van der Waals surface area (Å²) in [6.45, 7) is 0. The molecular formula is C11H8NO4-. The van der Waals surface area contributed by atoms with E-state index in [1.54, 1.807) is 12.1 Å². The molecule has 1 aromatic carbocycles. The van der Waals surface area contributed by atoms with E-state index in [1.165, 1.54) is 13.2 Å². The summed E-state index contributed by atoms with van der Waals surface area (Å²) in [7, 11) is 1.48. The number of rotatable bonds is 2. The number of fused-ring (bicyclic) bond motifs is 1. The highest BCUT2D eigenvalue weighted by Crippen LogP contribution is 2.20. The van der Waals surface area contributed by atoms with E-state index in [9.17, 15) is 14.7 Å². The molecule has 0 spiro atoms. The van der Waals surface area contributed by atoms with Gasteiger partial charge in [0.05, 0.1) is 13.1 Å². The Morgan fingerprint density at radius 1 is 1.38 bits per heavy atom. The van der Waals surface area contributed by atoms with Crippen LogP contribution in [0.1, 0.15) is 10.4 Å². The number of carboxylic acids is 1. The van der Waals surface area contributed by atoms with Gasteiger partial charge in [0.25, 0.3) is 0 Å². The first-order valence-electron chi connectivity index (χ1n) is 4.54. The number of benzene rings is 1. The van der Waals surface area contributed by atoms with Crippen LogP contribution in [0.4, 0.5) is 0 Å². The predicted molar refractivity (Wildman–Crippen MR) is 55.5 cm³/mol. The van der Waals surface area contributed by atoms with Gasteiger partial charge < -0.3 is 19.6 Å². The van der Waals surface area contributed by atoms with E-state index in [4.69, 9.17) is 4.74 Å². The highest BCUT2D eigenvalue weighted by atomic mass is 16.5. The number of aromatic carboxylic acids is 1. The molecule has 0 aliphatic heterocycles. The fourth-order valence-corrected chi connectivity index (χ4v) is 1.53. The fourth-order valence-electron chi connectivity index (χ4n) is 1.53. The Labute approximate surface area is 90.3 Å². The van der Waals surface area contributed by atoms with Crippen LogP contribution in [-0.2, 0) is 0 Å². The van der Waals surface area contributed by atoms with Crippen LogP contribution < -0.4 is 15.4 Å². The molecule has 2 aromatic rings. The van der Waals surface area contributed by atoms with Gasteiger partial charge in [-0.1, -0.05) is 0 Å². The zero-order valence-corrected chi connectivity index (χ0v) is 8.44. The highest BCUT2D eigenvalue weighted by Gasteiger charge is 2.05. The van der Waals surface area contributed by atoms with Crippen molar-refractivity contribution >= 4 is 16.9 Å². The zero-order valence-electron chi connectivity index (χ0n) is 8.44. The number of aromatic amines is 1. The Kier molecular flexibility index (Phi) is 2.36. The van der Waals surface area contributed by atoms with Crippen molar-refractivity contribution in [3.05, 3.63) is 40.2 Å². The number of methoxy groups -OCH3 is 1. The summed E-state index contributed by atoms with van der Waals surface area (Å²) >= 11 is 0. The molecule has 0 unspecified atom stereocenters. The third kappa shape index (κ3) is 1.63. The van der Waals surface area contributed by atoms with Gasteiger partial charge in [-0.3, -0.25) is 4.79 Å². The van der Waals surface area contributed by atoms with Crippen molar-refractivity contribution < 1.29 is 14.6 Å². The van der Waals surface area contributed by atoms with Crippen LogP contribution in [0.5, 0.6) is 5.75 Å². The van der Waals surface area contributed by atoms with Gasteiger partial charge in [-0.15, -0.1) is 0 Å². The van der Waals surface area contributed by atoms with Crippen molar-refractivity contribution in [1.29, 1.82) is 0 Å². The first-order valence-corrected chi connectivity index (χ1v) is 4.54. The third-order valence-corrected chi connectivity index (χ3v) is 2.27. The summed E-state index contributed by atoms with van der Waals surface area (Å²) in [6.07, 6.45) is 0. The topological polar surface area (TPSA) is 82.2 Å². The number of ether oxygens (including phenoxy) is 1. The second kappa shape index (κ2) is 3.69. The summed E-state index contributed by atoms with van der Waals surface area (Å²) in [4.78, 5) is 24.6. The molecule has 5 nitrogen and oxygen atoms in total. The van der Waals surface area contributed by atoms with Crippen molar-refractivity contribution in [3.8, 4) is 5.75 Å². The van der Waals surface area contributed by atoms with Gasteiger partial charge >= 0.3 is 0 Å². The van der Waals surface area contributed by atoms with Gasteiger partial charge in [0.1, 0.15) is 5.75 Å². The molecule has 1 N–H and O–H groups in total. The van der Waals surface area contributed by atoms with Crippen molar-refractivity contribution in [3.63, 3.8) is 0 Å². The molecule has 0 aliphatic carbocycles. The minimum atomic E-state index is -1.38. The SMILES string of the molecule is COc1ccc2[nH]c(=O)cc(C(=O)[O-])c2c1. The number of hydrogen-bond donors (Lipinski definition) is 1. The molecule has 0 aliphatic rings. The maximum absolute atomic E-state index is 11.2. The fraction of sp³-hybridized carbons (Fsp3) is 0.0909. The number of H-pyrrole nitrogens is 1. The molecule has 0 amide bonds. The van der Waals surface area contributed by atoms with Crippen molar-refractivity contribution in [2.45, 2.75) is 0 Å². The third-order valence-electron chi connectivity index (χ3n) is 2.27. The maximum Gasteiger partial charge on any atom is 0.249 e. The molecule has 2 rings (SSSR count). The quantitative estimate of drug-likeness (QED) is 0.763. The molecule has 5 heteroatoms. The van der Waals surface area contributed by atoms with Gasteiger partial charge in [-0.2, -0.15) is 0 Å². The molecule has 0 saturated carbocycles. The number of carbonyl (C=O) groups is 1. The van der Waals surface area contributed by atoms with Crippen molar-refractivity contribution in [1.82, 2.24) is 4.98 Å². The van der Waals surface area contributed by atoms with Crippen LogP contribution in [0.25, 0.3) is 10.9 Å². The molecule has 0 fully saturated rings. The molecule has 1 heterocycles. The molecule has 0 radical (unpaired) electrons. The van der Waals surface area contributed by atoms with Crippen molar-refractivity contribution in [2.75, 3.05) is 7.11 Å². The van der Waals surface area contributed by atoms with E-state index >= 15 is 0 Å². The van der Waals surface area contributed by atoms with Crippen LogP contribution in [-0.4, -0.2) is 18.1 Å². The highest BCUT2D eigenvalue weighted by molar-refractivity contribution is 6.01. The minimum Gasteiger partial charge on any atom is -0.545 e. The number of pyridine rings is 1. The number of nitrogens with one attached hydrogen (secondary N) is 1. The number of carbonyl (C=O) groups excluding carboxylic acids is 1. The minimum absolute atomic E-state index is 0.141. The van der Waals surface area contributed by atoms with Gasteiger partial charge in [-0.05, 0) is 18.2 Å². The van der Waals surface area contributed by atoms with Gasteiger partial charge in [-0.25, -0.2) is 0 Å². The lowest BCUT2D eigenvalue weighted by Gasteiger charge is -2.08. The largest absolute Gasteiger partial charge is 0.545 e. The lowest BCUT2D eigenvalue weighted by molar-refractivity contribution is -0.254. The Morgan fingerprint density at radius 2 is 2.12 bits per heavy atom. The maximum atomic E-state index is 11.2. The van der Waals surface area contributed by atoms with E-state index < -0.39 is 11.5 Å². The molecule has 0 saturated heterocycles. The van der Waals surface area contributed by atoms with Gasteiger partial charge in [0, 0.05) is 22.5 Å². The molecule has 16 heavy (non-hydrogen) atoms. The van der Waals surface area contributed by atoms with Crippen molar-refractivity contribution in [2.24, 2.45) is 0 Å². The number of hydrogen-bond acceptors (Lipinski definition) is 4. The summed E-state index contributed by atoms with van der Waals surface area (Å²) in [5.74, 6) is -0.869. The molecule has 82 valence electrons. The first kappa shape index (κ1) is 10.2. The van der Waals surface area contributed by atoms with Crippen LogP contribution in [0.3, 0.4) is 0 Å². The Morgan fingerprint density at radius 3 is 2.75 bits per heavy atom. The number of aromatic nitrogens is 1. The van der Waals surface area contributed by atoms with E-state index in [-0.39, 0.29) is 5.56 Å². The van der Waals surface area contributed by atoms with Gasteiger partial charge in [0.2, 0.25) is 5.56 Å². The average molecular weight is 218 g/mol. The molecule has 0 bridgehead atoms. The normalized spacial score (nSPS) is 10.3. The van der Waals surface area contributed by atoms with Crippen LogP contribution in [0.15, 0.2) is 29.1 Å². The molecular weight excluding hydrogens is 210 g/mol. The Hall–Kier alpha value is -2.30. The Bertz CT molecular complexity index is 615. The van der Waals surface area contributed by atoms with E-state index in [1.807, 2.05) is 0 Å². The lowest BCUT2D eigenvalue weighted by Crippen LogP contribution is -2.24. The lowest BCUT2D eigenvalue weighted by atomic mass is 10.1. The van der Waals surface area contributed by atoms with Crippen LogP contribution >= 0.6 is 0 Å².